The second-order valence-electron chi connectivity index (χ2n) is 9.75. The van der Waals surface area contributed by atoms with Crippen LogP contribution in [0, 0.1) is 6.92 Å². The molecule has 41 heavy (non-hydrogen) atoms. The van der Waals surface area contributed by atoms with Gasteiger partial charge < -0.3 is 18.8 Å². The lowest BCUT2D eigenvalue weighted by Crippen LogP contribution is -2.23. The van der Waals surface area contributed by atoms with E-state index in [0.717, 1.165) is 34.4 Å². The SMILES string of the molecule is Cc1c(NS(C)(=O)=O)cccc1N(Cc1ccccc1)Cc1ccc(Oc2cccc(OCc3ccco3)c2)cc1. The predicted octanol–water partition coefficient (Wildman–Crippen LogP) is 7.54. The first-order chi connectivity index (χ1) is 19.8. The van der Waals surface area contributed by atoms with E-state index in [4.69, 9.17) is 13.9 Å². The lowest BCUT2D eigenvalue weighted by molar-refractivity contribution is 0.269. The van der Waals surface area contributed by atoms with Gasteiger partial charge in [0.15, 0.2) is 0 Å². The molecule has 1 aromatic heterocycles. The Hall–Kier alpha value is -4.69. The van der Waals surface area contributed by atoms with Gasteiger partial charge in [0.25, 0.3) is 0 Å². The van der Waals surface area contributed by atoms with Gasteiger partial charge in [0.1, 0.15) is 29.6 Å². The van der Waals surface area contributed by atoms with Crippen molar-refractivity contribution < 1.29 is 22.3 Å². The van der Waals surface area contributed by atoms with Gasteiger partial charge in [-0.2, -0.15) is 0 Å². The summed E-state index contributed by atoms with van der Waals surface area (Å²) in [6.07, 6.45) is 2.78. The van der Waals surface area contributed by atoms with Crippen LogP contribution in [-0.4, -0.2) is 14.7 Å². The van der Waals surface area contributed by atoms with Gasteiger partial charge in [-0.25, -0.2) is 8.42 Å². The second kappa shape index (κ2) is 12.7. The number of hydrogen-bond donors (Lipinski definition) is 1. The Bertz CT molecular complexity index is 1670. The minimum Gasteiger partial charge on any atom is -0.486 e. The fraction of sp³-hybridized carbons (Fsp3) is 0.152. The van der Waals surface area contributed by atoms with Crippen LogP contribution in [0.1, 0.15) is 22.5 Å². The zero-order valence-corrected chi connectivity index (χ0v) is 23.8. The third-order valence-electron chi connectivity index (χ3n) is 6.46. The standard InChI is InChI=1S/C33H32N2O5S/c1-25-32(34-41(2,36)37)14-7-15-33(25)35(22-26-9-4-3-5-10-26)23-27-16-18-28(19-17-27)40-30-12-6-11-29(21-30)39-24-31-13-8-20-38-31/h3-21,34H,22-24H2,1-2H3. The van der Waals surface area contributed by atoms with Crippen molar-refractivity contribution in [3.8, 4) is 17.2 Å². The summed E-state index contributed by atoms with van der Waals surface area (Å²) in [6.45, 7) is 3.56. The van der Waals surface area contributed by atoms with Crippen molar-refractivity contribution >= 4 is 21.4 Å². The summed E-state index contributed by atoms with van der Waals surface area (Å²) >= 11 is 0. The van der Waals surface area contributed by atoms with Gasteiger partial charge in [-0.05, 0) is 72.1 Å². The molecular weight excluding hydrogens is 536 g/mol. The maximum absolute atomic E-state index is 11.9. The number of ether oxygens (including phenoxy) is 2. The van der Waals surface area contributed by atoms with Crippen molar-refractivity contribution in [3.05, 3.63) is 138 Å². The summed E-state index contributed by atoms with van der Waals surface area (Å²) in [5, 5.41) is 0. The van der Waals surface area contributed by atoms with Gasteiger partial charge in [0.2, 0.25) is 10.0 Å². The molecule has 0 spiro atoms. The first kappa shape index (κ1) is 27.9. The van der Waals surface area contributed by atoms with Gasteiger partial charge in [-0.3, -0.25) is 4.72 Å². The topological polar surface area (TPSA) is 81.0 Å². The van der Waals surface area contributed by atoms with Gasteiger partial charge in [-0.1, -0.05) is 54.6 Å². The lowest BCUT2D eigenvalue weighted by atomic mass is 10.1. The summed E-state index contributed by atoms with van der Waals surface area (Å²) in [4.78, 5) is 2.24. The van der Waals surface area contributed by atoms with E-state index < -0.39 is 10.0 Å². The molecule has 0 saturated heterocycles. The van der Waals surface area contributed by atoms with Gasteiger partial charge in [0.05, 0.1) is 18.2 Å². The summed E-state index contributed by atoms with van der Waals surface area (Å²) in [5.74, 6) is 2.82. The normalized spacial score (nSPS) is 11.2. The summed E-state index contributed by atoms with van der Waals surface area (Å²) < 4.78 is 43.7. The van der Waals surface area contributed by atoms with Crippen molar-refractivity contribution in [2.75, 3.05) is 15.9 Å². The largest absolute Gasteiger partial charge is 0.486 e. The van der Waals surface area contributed by atoms with E-state index in [2.05, 4.69) is 21.8 Å². The zero-order valence-electron chi connectivity index (χ0n) is 23.0. The quantitative estimate of drug-likeness (QED) is 0.167. The Labute approximate surface area is 241 Å². The van der Waals surface area contributed by atoms with Crippen molar-refractivity contribution in [2.24, 2.45) is 0 Å². The third kappa shape index (κ3) is 7.93. The smallest absolute Gasteiger partial charge is 0.229 e. The van der Waals surface area contributed by atoms with E-state index in [1.165, 1.54) is 0 Å². The van der Waals surface area contributed by atoms with Crippen LogP contribution in [0.2, 0.25) is 0 Å². The first-order valence-corrected chi connectivity index (χ1v) is 15.1. The second-order valence-corrected chi connectivity index (χ2v) is 11.5. The number of sulfonamides is 1. The highest BCUT2D eigenvalue weighted by molar-refractivity contribution is 7.92. The van der Waals surface area contributed by atoms with E-state index in [9.17, 15) is 8.42 Å². The van der Waals surface area contributed by atoms with E-state index >= 15 is 0 Å². The monoisotopic (exact) mass is 568 g/mol. The Morgan fingerprint density at radius 2 is 1.46 bits per heavy atom. The first-order valence-electron chi connectivity index (χ1n) is 13.2. The fourth-order valence-electron chi connectivity index (χ4n) is 4.50. The third-order valence-corrected chi connectivity index (χ3v) is 7.05. The molecule has 8 heteroatoms. The highest BCUT2D eigenvalue weighted by Gasteiger charge is 2.15. The van der Waals surface area contributed by atoms with Crippen LogP contribution in [0.5, 0.6) is 17.2 Å². The van der Waals surface area contributed by atoms with Crippen LogP contribution in [0.4, 0.5) is 11.4 Å². The number of furan rings is 1. The highest BCUT2D eigenvalue weighted by atomic mass is 32.2. The van der Waals surface area contributed by atoms with Crippen LogP contribution in [-0.2, 0) is 29.7 Å². The maximum atomic E-state index is 11.9. The molecule has 0 fully saturated rings. The van der Waals surface area contributed by atoms with Crippen molar-refractivity contribution in [1.82, 2.24) is 0 Å². The van der Waals surface area contributed by atoms with Crippen LogP contribution in [0.15, 0.2) is 120 Å². The molecule has 0 radical (unpaired) electrons. The Morgan fingerprint density at radius 3 is 2.17 bits per heavy atom. The average Bonchev–Trinajstić information content (AvgIpc) is 3.48. The predicted molar refractivity (Wildman–Crippen MR) is 162 cm³/mol. The number of nitrogens with one attached hydrogen (secondary N) is 1. The van der Waals surface area contributed by atoms with Gasteiger partial charge in [0, 0.05) is 24.8 Å². The molecule has 0 atom stereocenters. The molecule has 0 unspecified atom stereocenters. The minimum absolute atomic E-state index is 0.345. The molecule has 0 amide bonds. The van der Waals surface area contributed by atoms with Gasteiger partial charge in [-0.15, -0.1) is 0 Å². The number of hydrogen-bond acceptors (Lipinski definition) is 6. The van der Waals surface area contributed by atoms with Crippen LogP contribution in [0.25, 0.3) is 0 Å². The minimum atomic E-state index is -3.40. The molecule has 1 heterocycles. The number of benzene rings is 4. The fourth-order valence-corrected chi connectivity index (χ4v) is 5.12. The molecule has 5 aromatic rings. The molecule has 4 aromatic carbocycles. The Morgan fingerprint density at radius 1 is 0.756 bits per heavy atom. The summed E-state index contributed by atoms with van der Waals surface area (Å²) in [6, 6.07) is 35.0. The highest BCUT2D eigenvalue weighted by Crippen LogP contribution is 2.31. The van der Waals surface area contributed by atoms with Gasteiger partial charge >= 0.3 is 0 Å². The molecule has 0 aliphatic carbocycles. The lowest BCUT2D eigenvalue weighted by Gasteiger charge is -2.28. The number of nitrogens with zero attached hydrogens (tertiary/aromatic N) is 1. The maximum Gasteiger partial charge on any atom is 0.229 e. The van der Waals surface area contributed by atoms with E-state index in [1.54, 1.807) is 12.3 Å². The van der Waals surface area contributed by atoms with E-state index in [-0.39, 0.29) is 0 Å². The zero-order chi connectivity index (χ0) is 28.7. The Balaban J connectivity index is 1.32. The molecule has 0 bridgehead atoms. The summed E-state index contributed by atoms with van der Waals surface area (Å²) in [5.41, 5.74) is 4.63. The van der Waals surface area contributed by atoms with E-state index in [1.807, 2.05) is 97.9 Å². The number of anilines is 2. The van der Waals surface area contributed by atoms with E-state index in [0.29, 0.717) is 42.6 Å². The van der Waals surface area contributed by atoms with Crippen LogP contribution in [0.3, 0.4) is 0 Å². The molecule has 5 rings (SSSR count). The molecule has 0 saturated carbocycles. The average molecular weight is 569 g/mol. The van der Waals surface area contributed by atoms with Crippen LogP contribution < -0.4 is 19.1 Å². The molecule has 210 valence electrons. The van der Waals surface area contributed by atoms with Crippen molar-refractivity contribution in [1.29, 1.82) is 0 Å². The number of rotatable bonds is 12. The molecule has 0 aliphatic heterocycles. The Kier molecular flexibility index (Phi) is 8.60. The summed E-state index contributed by atoms with van der Waals surface area (Å²) in [7, 11) is -3.40. The molecule has 1 N–H and O–H groups in total. The van der Waals surface area contributed by atoms with Crippen molar-refractivity contribution in [3.63, 3.8) is 0 Å². The molecule has 0 aliphatic rings. The molecular formula is C33H32N2O5S. The van der Waals surface area contributed by atoms with Crippen LogP contribution >= 0.6 is 0 Å². The van der Waals surface area contributed by atoms with Crippen molar-refractivity contribution in [2.45, 2.75) is 26.6 Å². The molecule has 7 nitrogen and oxygen atoms in total.